The van der Waals surface area contributed by atoms with Crippen LogP contribution in [0.2, 0.25) is 0 Å². The average molecular weight is 340 g/mol. The molecule has 0 amide bonds. The first-order chi connectivity index (χ1) is 9.85. The standard InChI is InChI=1S/C13H11N2.F6P/c14-10-13-8-4-5-9-15(13)11-12-6-2-1-3-7-12;1-7(2,3,4,5)6/h1-9H,11H2;/q+1;-1. The number of nitrogens with zero attached hydrogens (tertiary/aromatic N) is 2. The molecule has 1 heterocycles. The molecule has 9 heteroatoms. The van der Waals surface area contributed by atoms with Crippen LogP contribution in [0.25, 0.3) is 0 Å². The Balaban J connectivity index is 0.000000295. The van der Waals surface area contributed by atoms with Gasteiger partial charge in [-0.3, -0.25) is 0 Å². The van der Waals surface area contributed by atoms with Gasteiger partial charge in [-0.25, -0.2) is 0 Å². The van der Waals surface area contributed by atoms with Gasteiger partial charge in [0.25, 0.3) is 5.69 Å². The minimum atomic E-state index is -10.7. The largest absolute Gasteiger partial charge is 0.283 e. The number of nitriles is 1. The van der Waals surface area contributed by atoms with E-state index in [9.17, 15) is 25.2 Å². The van der Waals surface area contributed by atoms with Crippen LogP contribution in [0.15, 0.2) is 54.7 Å². The molecule has 0 bridgehead atoms. The fourth-order valence-corrected chi connectivity index (χ4v) is 1.50. The van der Waals surface area contributed by atoms with Crippen molar-refractivity contribution in [2.75, 3.05) is 0 Å². The fraction of sp³-hybridized carbons (Fsp3) is 0.0769. The molecule has 0 spiro atoms. The summed E-state index contributed by atoms with van der Waals surface area (Å²) < 4.78 is 61.1. The fourth-order valence-electron chi connectivity index (χ4n) is 1.50. The first-order valence-corrected chi connectivity index (χ1v) is 7.87. The summed E-state index contributed by atoms with van der Waals surface area (Å²) in [5.74, 6) is 0. The first kappa shape index (κ1) is 17.9. The summed E-state index contributed by atoms with van der Waals surface area (Å²) in [6.07, 6.45) is 1.92. The maximum atomic E-state index is 9.87. The third-order valence-electron chi connectivity index (χ3n) is 2.25. The third-order valence-corrected chi connectivity index (χ3v) is 2.25. The van der Waals surface area contributed by atoms with Crippen molar-refractivity contribution in [1.29, 1.82) is 5.26 Å². The number of hydrogen-bond donors (Lipinski definition) is 0. The van der Waals surface area contributed by atoms with E-state index in [1.165, 1.54) is 5.56 Å². The smallest absolute Gasteiger partial charge is 0.186 e. The van der Waals surface area contributed by atoms with Gasteiger partial charge in [0.2, 0.25) is 0 Å². The molecule has 1 aromatic carbocycles. The Morgan fingerprint density at radius 3 is 1.86 bits per heavy atom. The molecule has 0 radical (unpaired) electrons. The van der Waals surface area contributed by atoms with Crippen molar-refractivity contribution >= 4 is 7.81 Å². The van der Waals surface area contributed by atoms with Gasteiger partial charge in [0, 0.05) is 17.7 Å². The van der Waals surface area contributed by atoms with Crippen molar-refractivity contribution in [2.24, 2.45) is 0 Å². The van der Waals surface area contributed by atoms with Crippen LogP contribution in [0, 0.1) is 11.3 Å². The molecule has 120 valence electrons. The molecule has 22 heavy (non-hydrogen) atoms. The van der Waals surface area contributed by atoms with E-state index < -0.39 is 7.81 Å². The van der Waals surface area contributed by atoms with Crippen molar-refractivity contribution in [1.82, 2.24) is 0 Å². The molecule has 0 atom stereocenters. The molecular formula is C13H11F6N2P. The predicted molar refractivity (Wildman–Crippen MR) is 70.5 cm³/mol. The van der Waals surface area contributed by atoms with E-state index in [0.717, 1.165) is 6.54 Å². The Kier molecular flexibility index (Phi) is 4.54. The quantitative estimate of drug-likeness (QED) is 0.415. The van der Waals surface area contributed by atoms with Crippen LogP contribution in [0.4, 0.5) is 25.2 Å². The van der Waals surface area contributed by atoms with Crippen LogP contribution < -0.4 is 4.57 Å². The van der Waals surface area contributed by atoms with E-state index >= 15 is 0 Å². The van der Waals surface area contributed by atoms with E-state index in [1.807, 2.05) is 47.2 Å². The van der Waals surface area contributed by atoms with Gasteiger partial charge in [-0.1, -0.05) is 30.3 Å². The molecule has 0 saturated carbocycles. The Hall–Kier alpha value is -2.13. The molecule has 2 aromatic rings. The zero-order valence-electron chi connectivity index (χ0n) is 11.0. The predicted octanol–water partition coefficient (Wildman–Crippen LogP) is 5.28. The van der Waals surface area contributed by atoms with Crippen LogP contribution in [0.1, 0.15) is 11.3 Å². The molecule has 0 aliphatic rings. The van der Waals surface area contributed by atoms with Crippen LogP contribution in [-0.2, 0) is 6.54 Å². The molecule has 0 aliphatic heterocycles. The second-order valence-corrected chi connectivity index (χ2v) is 6.19. The van der Waals surface area contributed by atoms with E-state index in [1.54, 1.807) is 0 Å². The maximum absolute atomic E-state index is 10.7. The van der Waals surface area contributed by atoms with Crippen LogP contribution in [0.3, 0.4) is 0 Å². The second kappa shape index (κ2) is 5.58. The third kappa shape index (κ3) is 9.72. The van der Waals surface area contributed by atoms with Crippen LogP contribution in [0.5, 0.6) is 0 Å². The summed E-state index contributed by atoms with van der Waals surface area (Å²) in [6.45, 7) is 0.741. The van der Waals surface area contributed by atoms with Gasteiger partial charge in [-0.2, -0.15) is 9.83 Å². The summed E-state index contributed by atoms with van der Waals surface area (Å²) in [7, 11) is -10.7. The van der Waals surface area contributed by atoms with Gasteiger partial charge >= 0.3 is 33.0 Å². The summed E-state index contributed by atoms with van der Waals surface area (Å²) in [5.41, 5.74) is 1.88. The monoisotopic (exact) mass is 340 g/mol. The zero-order chi connectivity index (χ0) is 16.9. The van der Waals surface area contributed by atoms with Gasteiger partial charge in [0.15, 0.2) is 18.8 Å². The molecule has 0 N–H and O–H groups in total. The number of rotatable bonds is 2. The minimum absolute atomic E-state index is 0.682. The molecule has 0 saturated heterocycles. The van der Waals surface area contributed by atoms with Gasteiger partial charge < -0.3 is 0 Å². The summed E-state index contributed by atoms with van der Waals surface area (Å²) in [5, 5.41) is 8.93. The van der Waals surface area contributed by atoms with E-state index in [0.29, 0.717) is 5.69 Å². The molecule has 0 unspecified atom stereocenters. The maximum Gasteiger partial charge on any atom is 0.283 e. The van der Waals surface area contributed by atoms with Gasteiger partial charge in [-0.05, 0) is 6.07 Å². The van der Waals surface area contributed by atoms with Gasteiger partial charge in [-0.15, -0.1) is 0 Å². The van der Waals surface area contributed by atoms with Crippen molar-refractivity contribution < 1.29 is 29.7 Å². The van der Waals surface area contributed by atoms with Crippen molar-refractivity contribution in [3.63, 3.8) is 0 Å². The van der Waals surface area contributed by atoms with Gasteiger partial charge in [0.1, 0.15) is 0 Å². The van der Waals surface area contributed by atoms with Gasteiger partial charge in [0.05, 0.1) is 0 Å². The SMILES string of the molecule is F[P-](F)(F)(F)(F)F.N#Cc1cccc[n+]1Cc1ccccc1. The molecular weight excluding hydrogens is 329 g/mol. The Morgan fingerprint density at radius 2 is 1.36 bits per heavy atom. The first-order valence-electron chi connectivity index (χ1n) is 5.84. The topological polar surface area (TPSA) is 27.7 Å². The molecule has 0 aliphatic carbocycles. The Morgan fingerprint density at radius 1 is 0.864 bits per heavy atom. The number of benzene rings is 1. The second-order valence-electron chi connectivity index (χ2n) is 4.27. The summed E-state index contributed by atoms with van der Waals surface area (Å²) >= 11 is 0. The zero-order valence-corrected chi connectivity index (χ0v) is 11.9. The van der Waals surface area contributed by atoms with E-state index in [-0.39, 0.29) is 0 Å². The van der Waals surface area contributed by atoms with Crippen molar-refractivity contribution in [3.05, 3.63) is 66.0 Å². The number of halogens is 6. The van der Waals surface area contributed by atoms with Crippen molar-refractivity contribution in [3.8, 4) is 6.07 Å². The van der Waals surface area contributed by atoms with E-state index in [2.05, 4.69) is 18.2 Å². The van der Waals surface area contributed by atoms with Crippen LogP contribution >= 0.6 is 7.81 Å². The normalized spacial score (nSPS) is 13.9. The van der Waals surface area contributed by atoms with Crippen LogP contribution in [-0.4, -0.2) is 0 Å². The summed E-state index contributed by atoms with van der Waals surface area (Å²) in [4.78, 5) is 0. The average Bonchev–Trinajstić information content (AvgIpc) is 2.37. The number of aromatic nitrogens is 1. The number of pyridine rings is 1. The number of hydrogen-bond acceptors (Lipinski definition) is 1. The Bertz CT molecular complexity index is 665. The van der Waals surface area contributed by atoms with E-state index in [4.69, 9.17) is 5.26 Å². The Labute approximate surface area is 122 Å². The molecule has 1 aromatic heterocycles. The molecule has 0 fully saturated rings. The minimum Gasteiger partial charge on any atom is -0.186 e. The summed E-state index contributed by atoms with van der Waals surface area (Å²) in [6, 6.07) is 17.9. The molecule has 2 rings (SSSR count). The van der Waals surface area contributed by atoms with Crippen molar-refractivity contribution in [2.45, 2.75) is 6.54 Å². The molecule has 2 nitrogen and oxygen atoms in total.